The largest absolute Gasteiger partial charge is 0.364 e. The third-order valence-corrected chi connectivity index (χ3v) is 3.08. The first kappa shape index (κ1) is 11.0. The fraction of sp³-hybridized carbons (Fsp3) is 0.333. The van der Waals surface area contributed by atoms with Crippen molar-refractivity contribution in [1.82, 2.24) is 20.3 Å². The number of nitrogens with zero attached hydrogens (tertiary/aromatic N) is 1. The fourth-order valence-corrected chi connectivity index (χ4v) is 2.18. The summed E-state index contributed by atoms with van der Waals surface area (Å²) in [4.78, 5) is 21.4. The third kappa shape index (κ3) is 2.14. The van der Waals surface area contributed by atoms with Crippen molar-refractivity contribution in [3.05, 3.63) is 45.8 Å². The number of H-pyrrole nitrogens is 2. The van der Waals surface area contributed by atoms with Gasteiger partial charge in [-0.15, -0.1) is 0 Å². The number of fused-ring (bicyclic) bond motifs is 1. The number of hydrogen-bond donors (Lipinski definition) is 4. The smallest absolute Gasteiger partial charge is 0.347 e. The van der Waals surface area contributed by atoms with E-state index in [9.17, 15) is 4.79 Å². The van der Waals surface area contributed by atoms with E-state index in [-0.39, 0.29) is 5.69 Å². The van der Waals surface area contributed by atoms with Crippen LogP contribution in [0, 0.1) is 0 Å². The molecular formula is C12H15N5O. The summed E-state index contributed by atoms with van der Waals surface area (Å²) < 4.78 is 0. The molecule has 0 unspecified atom stereocenters. The zero-order chi connectivity index (χ0) is 12.4. The molecular weight excluding hydrogens is 230 g/mol. The maximum atomic E-state index is 11.5. The van der Waals surface area contributed by atoms with Gasteiger partial charge in [-0.05, 0) is 12.1 Å². The molecule has 0 saturated carbocycles. The maximum absolute atomic E-state index is 11.5. The molecule has 0 fully saturated rings. The van der Waals surface area contributed by atoms with Gasteiger partial charge in [0.05, 0.1) is 6.54 Å². The van der Waals surface area contributed by atoms with Crippen molar-refractivity contribution in [3.63, 3.8) is 0 Å². The molecule has 1 aliphatic rings. The Labute approximate surface area is 104 Å². The van der Waals surface area contributed by atoms with E-state index in [1.165, 1.54) is 0 Å². The van der Waals surface area contributed by atoms with Gasteiger partial charge < -0.3 is 20.6 Å². The molecule has 0 saturated heterocycles. The lowest BCUT2D eigenvalue weighted by atomic mass is 10.1. The maximum Gasteiger partial charge on any atom is 0.347 e. The van der Waals surface area contributed by atoms with Crippen molar-refractivity contribution in [2.45, 2.75) is 19.5 Å². The predicted molar refractivity (Wildman–Crippen MR) is 68.4 cm³/mol. The van der Waals surface area contributed by atoms with Crippen LogP contribution in [0.2, 0.25) is 0 Å². The van der Waals surface area contributed by atoms with Gasteiger partial charge in [0.15, 0.2) is 0 Å². The van der Waals surface area contributed by atoms with Crippen LogP contribution in [-0.2, 0) is 19.5 Å². The van der Waals surface area contributed by atoms with Crippen molar-refractivity contribution in [3.8, 4) is 0 Å². The van der Waals surface area contributed by atoms with Gasteiger partial charge in [0.25, 0.3) is 0 Å². The fourth-order valence-electron chi connectivity index (χ4n) is 2.18. The van der Waals surface area contributed by atoms with Crippen molar-refractivity contribution in [1.29, 1.82) is 0 Å². The lowest BCUT2D eigenvalue weighted by Gasteiger charge is -2.19. The predicted octanol–water partition coefficient (Wildman–Crippen LogP) is 0.356. The highest BCUT2D eigenvalue weighted by molar-refractivity contribution is 5.47. The highest BCUT2D eigenvalue weighted by atomic mass is 16.1. The molecule has 2 aromatic heterocycles. The molecule has 0 aliphatic carbocycles. The molecule has 6 nitrogen and oxygen atoms in total. The number of aromatic nitrogens is 3. The minimum absolute atomic E-state index is 0.287. The number of hydrogen-bond acceptors (Lipinski definition) is 4. The van der Waals surface area contributed by atoms with Crippen LogP contribution in [-0.4, -0.2) is 21.5 Å². The standard InChI is InChI=1S/C12H15N5O/c18-12-16-10-3-5-13-7-9(10)11(17-12)15-6-8-2-1-4-14-8/h1-2,4,13-14H,3,5-7H2,(H2,15,16,17,18). The van der Waals surface area contributed by atoms with Gasteiger partial charge in [-0.2, -0.15) is 4.98 Å². The molecule has 0 spiro atoms. The summed E-state index contributed by atoms with van der Waals surface area (Å²) in [6.07, 6.45) is 2.71. The van der Waals surface area contributed by atoms with E-state index in [4.69, 9.17) is 0 Å². The number of nitrogens with one attached hydrogen (secondary N) is 4. The first-order chi connectivity index (χ1) is 8.83. The Balaban J connectivity index is 1.86. The van der Waals surface area contributed by atoms with Crippen molar-refractivity contribution in [2.75, 3.05) is 11.9 Å². The molecule has 3 rings (SSSR count). The van der Waals surface area contributed by atoms with Gasteiger partial charge >= 0.3 is 5.69 Å². The van der Waals surface area contributed by atoms with Crippen LogP contribution >= 0.6 is 0 Å². The summed E-state index contributed by atoms with van der Waals surface area (Å²) in [6, 6.07) is 3.93. The van der Waals surface area contributed by atoms with Crippen molar-refractivity contribution in [2.24, 2.45) is 0 Å². The highest BCUT2D eigenvalue weighted by Crippen LogP contribution is 2.17. The van der Waals surface area contributed by atoms with E-state index in [1.807, 2.05) is 18.3 Å². The molecule has 2 aromatic rings. The Morgan fingerprint density at radius 2 is 2.39 bits per heavy atom. The molecule has 94 valence electrons. The second-order valence-corrected chi connectivity index (χ2v) is 4.32. The summed E-state index contributed by atoms with van der Waals surface area (Å²) in [7, 11) is 0. The van der Waals surface area contributed by atoms with E-state index in [2.05, 4.69) is 25.6 Å². The second-order valence-electron chi connectivity index (χ2n) is 4.32. The van der Waals surface area contributed by atoms with Crippen LogP contribution in [0.4, 0.5) is 5.82 Å². The minimum atomic E-state index is -0.287. The normalized spacial score (nSPS) is 14.2. The van der Waals surface area contributed by atoms with Gasteiger partial charge in [-0.1, -0.05) is 0 Å². The first-order valence-electron chi connectivity index (χ1n) is 6.02. The zero-order valence-corrected chi connectivity index (χ0v) is 9.92. The summed E-state index contributed by atoms with van der Waals surface area (Å²) in [5.74, 6) is 0.676. The van der Waals surface area contributed by atoms with E-state index in [0.717, 1.165) is 36.5 Å². The lowest BCUT2D eigenvalue weighted by molar-refractivity contribution is 0.623. The summed E-state index contributed by atoms with van der Waals surface area (Å²) in [6.45, 7) is 2.27. The Hall–Kier alpha value is -2.08. The van der Waals surface area contributed by atoms with Crippen molar-refractivity contribution < 1.29 is 0 Å². The number of anilines is 1. The summed E-state index contributed by atoms with van der Waals surface area (Å²) in [5.41, 5.74) is 2.83. The average molecular weight is 245 g/mol. The average Bonchev–Trinajstić information content (AvgIpc) is 2.89. The molecule has 18 heavy (non-hydrogen) atoms. The van der Waals surface area contributed by atoms with Crippen LogP contribution in [0.15, 0.2) is 23.1 Å². The Kier molecular flexibility index (Phi) is 2.85. The molecule has 0 amide bonds. The first-order valence-corrected chi connectivity index (χ1v) is 6.02. The highest BCUT2D eigenvalue weighted by Gasteiger charge is 2.15. The van der Waals surface area contributed by atoms with E-state index in [1.54, 1.807) is 0 Å². The van der Waals surface area contributed by atoms with Gasteiger partial charge in [-0.25, -0.2) is 4.79 Å². The van der Waals surface area contributed by atoms with Gasteiger partial charge in [0.2, 0.25) is 0 Å². The van der Waals surface area contributed by atoms with Crippen LogP contribution < -0.4 is 16.3 Å². The molecule has 0 aromatic carbocycles. The monoisotopic (exact) mass is 245 g/mol. The van der Waals surface area contributed by atoms with Gasteiger partial charge in [0, 0.05) is 42.7 Å². The quantitative estimate of drug-likeness (QED) is 0.629. The van der Waals surface area contributed by atoms with E-state index >= 15 is 0 Å². The van der Waals surface area contributed by atoms with Crippen LogP contribution in [0.1, 0.15) is 17.0 Å². The molecule has 6 heteroatoms. The van der Waals surface area contributed by atoms with Crippen LogP contribution in [0.3, 0.4) is 0 Å². The Bertz CT molecular complexity index is 587. The van der Waals surface area contributed by atoms with E-state index in [0.29, 0.717) is 12.4 Å². The molecule has 1 aliphatic heterocycles. The summed E-state index contributed by atoms with van der Waals surface area (Å²) in [5, 5.41) is 6.50. The topological polar surface area (TPSA) is 85.6 Å². The molecule has 3 heterocycles. The SMILES string of the molecule is O=c1nc(NCc2ccc[nH]2)c2c([nH]1)CCNC2. The van der Waals surface area contributed by atoms with Gasteiger partial charge in [0.1, 0.15) is 5.82 Å². The number of aromatic amines is 2. The minimum Gasteiger partial charge on any atom is -0.364 e. The molecule has 0 atom stereocenters. The van der Waals surface area contributed by atoms with E-state index < -0.39 is 0 Å². The van der Waals surface area contributed by atoms with Crippen LogP contribution in [0.5, 0.6) is 0 Å². The Morgan fingerprint density at radius 3 is 3.22 bits per heavy atom. The Morgan fingerprint density at radius 1 is 1.44 bits per heavy atom. The second kappa shape index (κ2) is 4.66. The third-order valence-electron chi connectivity index (χ3n) is 3.08. The lowest BCUT2D eigenvalue weighted by Crippen LogP contribution is -2.30. The van der Waals surface area contributed by atoms with Crippen LogP contribution in [0.25, 0.3) is 0 Å². The van der Waals surface area contributed by atoms with Crippen molar-refractivity contribution >= 4 is 5.82 Å². The molecule has 0 bridgehead atoms. The molecule has 4 N–H and O–H groups in total. The van der Waals surface area contributed by atoms with Gasteiger partial charge in [-0.3, -0.25) is 0 Å². The zero-order valence-electron chi connectivity index (χ0n) is 9.92. The summed E-state index contributed by atoms with van der Waals surface area (Å²) >= 11 is 0. The number of rotatable bonds is 3. The molecule has 0 radical (unpaired) electrons.